The normalized spacial score (nSPS) is 12.4. The largest absolute Gasteiger partial charge is 0.462 e. The van der Waals surface area contributed by atoms with Crippen molar-refractivity contribution in [3.63, 3.8) is 0 Å². The fourth-order valence-corrected chi connectivity index (χ4v) is 9.37. The Labute approximate surface area is 418 Å². The van der Waals surface area contributed by atoms with Gasteiger partial charge >= 0.3 is 17.9 Å². The zero-order valence-electron chi connectivity index (χ0n) is 46.0. The molecule has 6 nitrogen and oxygen atoms in total. The molecule has 0 rings (SSSR count). The number of unbranched alkanes of at least 4 members (excludes halogenated alkanes) is 39. The lowest BCUT2D eigenvalue weighted by Gasteiger charge is -2.18. The Morgan fingerprint density at radius 3 is 0.851 bits per heavy atom. The molecule has 0 heterocycles. The predicted molar refractivity (Wildman–Crippen MR) is 289 cm³/mol. The maximum atomic E-state index is 12.9. The monoisotopic (exact) mass is 947 g/mol. The highest BCUT2D eigenvalue weighted by Crippen LogP contribution is 2.19. The Morgan fingerprint density at radius 1 is 0.313 bits per heavy atom. The highest BCUT2D eigenvalue weighted by atomic mass is 16.6. The fourth-order valence-electron chi connectivity index (χ4n) is 9.37. The minimum Gasteiger partial charge on any atom is -0.462 e. The molecule has 1 unspecified atom stereocenters. The van der Waals surface area contributed by atoms with Gasteiger partial charge in [0.1, 0.15) is 13.2 Å². The summed E-state index contributed by atoms with van der Waals surface area (Å²) >= 11 is 0. The molecule has 0 amide bonds. The van der Waals surface area contributed by atoms with E-state index in [1.54, 1.807) is 0 Å². The second-order valence-corrected chi connectivity index (χ2v) is 21.7. The first kappa shape index (κ1) is 65.4. The van der Waals surface area contributed by atoms with Gasteiger partial charge in [0.2, 0.25) is 0 Å². The van der Waals surface area contributed by atoms with Gasteiger partial charge in [0.25, 0.3) is 0 Å². The maximum absolute atomic E-state index is 12.9. The van der Waals surface area contributed by atoms with E-state index in [1.165, 1.54) is 231 Å². The highest BCUT2D eigenvalue weighted by molar-refractivity contribution is 5.71. The summed E-state index contributed by atoms with van der Waals surface area (Å²) in [5.74, 6) is 0.899. The molecule has 6 heteroatoms. The molecule has 0 aromatic heterocycles. The van der Waals surface area contributed by atoms with E-state index in [0.29, 0.717) is 19.3 Å². The smallest absolute Gasteiger partial charge is 0.306 e. The fraction of sp³-hybridized carbons (Fsp3) is 0.951. The zero-order chi connectivity index (χ0) is 48.9. The number of carbonyl (C=O) groups excluding carboxylic acids is 3. The van der Waals surface area contributed by atoms with Gasteiger partial charge in [0.15, 0.2) is 6.10 Å². The summed E-state index contributed by atoms with van der Waals surface area (Å²) in [5.41, 5.74) is 0. The van der Waals surface area contributed by atoms with Crippen LogP contribution in [0.5, 0.6) is 0 Å². The molecule has 0 fully saturated rings. The minimum atomic E-state index is -0.763. The SMILES string of the molecule is CCCCCCCCCCCCCCCCCC(=O)OC[C@@H](COC(=O)CCCCCCCCCCCCCCCC(C)C)OC(=O)CCCCCCCCCCCCCCCCC(C)CC. The topological polar surface area (TPSA) is 78.9 Å². The summed E-state index contributed by atoms with van der Waals surface area (Å²) in [6, 6.07) is 0. The lowest BCUT2D eigenvalue weighted by molar-refractivity contribution is -0.167. The Kier molecular flexibility index (Phi) is 52.5. The van der Waals surface area contributed by atoms with E-state index in [0.717, 1.165) is 69.6 Å². The Hall–Kier alpha value is -1.59. The first-order chi connectivity index (χ1) is 32.8. The summed E-state index contributed by atoms with van der Waals surface area (Å²) < 4.78 is 16.9. The third kappa shape index (κ3) is 53.6. The molecular weight excluding hydrogens is 829 g/mol. The van der Waals surface area contributed by atoms with Gasteiger partial charge in [0, 0.05) is 19.3 Å². The number of rotatable bonds is 55. The first-order valence-electron chi connectivity index (χ1n) is 30.3. The van der Waals surface area contributed by atoms with E-state index in [9.17, 15) is 14.4 Å². The second-order valence-electron chi connectivity index (χ2n) is 21.7. The number of ether oxygens (including phenoxy) is 3. The van der Waals surface area contributed by atoms with E-state index in [1.807, 2.05) is 0 Å². The lowest BCUT2D eigenvalue weighted by Crippen LogP contribution is -2.30. The quantitative estimate of drug-likeness (QED) is 0.0343. The van der Waals surface area contributed by atoms with Crippen molar-refractivity contribution < 1.29 is 28.6 Å². The van der Waals surface area contributed by atoms with Gasteiger partial charge in [-0.25, -0.2) is 0 Å². The Morgan fingerprint density at radius 2 is 0.567 bits per heavy atom. The van der Waals surface area contributed by atoms with Gasteiger partial charge in [-0.3, -0.25) is 14.4 Å². The van der Waals surface area contributed by atoms with Crippen molar-refractivity contribution in [2.45, 2.75) is 349 Å². The molecule has 0 spiro atoms. The van der Waals surface area contributed by atoms with Crippen molar-refractivity contribution >= 4 is 17.9 Å². The number of esters is 3. The minimum absolute atomic E-state index is 0.0622. The second kappa shape index (κ2) is 53.8. The van der Waals surface area contributed by atoms with E-state index in [-0.39, 0.29) is 31.1 Å². The molecule has 398 valence electrons. The van der Waals surface area contributed by atoms with E-state index >= 15 is 0 Å². The van der Waals surface area contributed by atoms with Gasteiger partial charge in [-0.2, -0.15) is 0 Å². The average Bonchev–Trinajstić information content (AvgIpc) is 3.31. The van der Waals surface area contributed by atoms with Gasteiger partial charge < -0.3 is 14.2 Å². The van der Waals surface area contributed by atoms with Crippen molar-refractivity contribution in [3.05, 3.63) is 0 Å². The van der Waals surface area contributed by atoms with Crippen LogP contribution in [0.15, 0.2) is 0 Å². The predicted octanol–water partition coefficient (Wildman–Crippen LogP) is 20.0. The van der Waals surface area contributed by atoms with Crippen molar-refractivity contribution in [1.82, 2.24) is 0 Å². The number of hydrogen-bond acceptors (Lipinski definition) is 6. The standard InChI is InChI=1S/C61H118O6/c1-6-8-9-10-11-12-13-14-15-21-26-31-36-41-46-51-59(62)65-54-58(55-66-60(63)52-47-42-37-32-27-23-18-19-24-29-34-39-44-49-56(3)4)67-61(64)53-48-43-38-33-28-22-17-16-20-25-30-35-40-45-50-57(5)7-2/h56-58H,6-55H2,1-5H3/t57?,58-/m0/s1. The molecule has 0 aliphatic carbocycles. The van der Waals surface area contributed by atoms with E-state index < -0.39 is 6.10 Å². The highest BCUT2D eigenvalue weighted by Gasteiger charge is 2.19. The maximum Gasteiger partial charge on any atom is 0.306 e. The van der Waals surface area contributed by atoms with Gasteiger partial charge in [-0.15, -0.1) is 0 Å². The van der Waals surface area contributed by atoms with Gasteiger partial charge in [-0.05, 0) is 31.1 Å². The van der Waals surface area contributed by atoms with Crippen LogP contribution in [0.2, 0.25) is 0 Å². The molecule has 0 aliphatic rings. The summed E-state index contributed by atoms with van der Waals surface area (Å²) in [6.45, 7) is 11.5. The van der Waals surface area contributed by atoms with Crippen molar-refractivity contribution in [2.24, 2.45) is 11.8 Å². The van der Waals surface area contributed by atoms with Crippen LogP contribution in [0.3, 0.4) is 0 Å². The van der Waals surface area contributed by atoms with Crippen LogP contribution < -0.4 is 0 Å². The number of carbonyl (C=O) groups is 3. The van der Waals surface area contributed by atoms with Crippen LogP contribution in [0.4, 0.5) is 0 Å². The zero-order valence-corrected chi connectivity index (χ0v) is 46.0. The first-order valence-corrected chi connectivity index (χ1v) is 30.3. The summed E-state index contributed by atoms with van der Waals surface area (Å²) in [7, 11) is 0. The molecule has 2 atom stereocenters. The van der Waals surface area contributed by atoms with Crippen LogP contribution in [-0.4, -0.2) is 37.2 Å². The molecule has 0 aliphatic heterocycles. The van der Waals surface area contributed by atoms with Crippen LogP contribution in [0.25, 0.3) is 0 Å². The lowest BCUT2D eigenvalue weighted by atomic mass is 9.99. The van der Waals surface area contributed by atoms with Gasteiger partial charge in [-0.1, -0.05) is 304 Å². The van der Waals surface area contributed by atoms with Crippen molar-refractivity contribution in [1.29, 1.82) is 0 Å². The third-order valence-corrected chi connectivity index (χ3v) is 14.3. The van der Waals surface area contributed by atoms with E-state index in [4.69, 9.17) is 14.2 Å². The van der Waals surface area contributed by atoms with Crippen LogP contribution in [0, 0.1) is 11.8 Å². The molecular formula is C61H118O6. The van der Waals surface area contributed by atoms with Crippen LogP contribution in [-0.2, 0) is 28.6 Å². The van der Waals surface area contributed by atoms with Gasteiger partial charge in [0.05, 0.1) is 0 Å². The van der Waals surface area contributed by atoms with Crippen LogP contribution >= 0.6 is 0 Å². The number of hydrogen-bond donors (Lipinski definition) is 0. The summed E-state index contributed by atoms with van der Waals surface area (Å²) in [4.78, 5) is 38.2. The van der Waals surface area contributed by atoms with E-state index in [2.05, 4.69) is 34.6 Å². The molecule has 0 saturated carbocycles. The van der Waals surface area contributed by atoms with Crippen LogP contribution in [0.1, 0.15) is 343 Å². The molecule has 0 N–H and O–H groups in total. The average molecular weight is 948 g/mol. The van der Waals surface area contributed by atoms with Crippen molar-refractivity contribution in [3.8, 4) is 0 Å². The third-order valence-electron chi connectivity index (χ3n) is 14.3. The molecule has 67 heavy (non-hydrogen) atoms. The molecule has 0 saturated heterocycles. The molecule has 0 aromatic carbocycles. The Balaban J connectivity index is 4.30. The molecule has 0 aromatic rings. The Bertz CT molecular complexity index is 1030. The molecule has 0 bridgehead atoms. The summed E-state index contributed by atoms with van der Waals surface area (Å²) in [5, 5.41) is 0. The molecule has 0 radical (unpaired) electrons. The summed E-state index contributed by atoms with van der Waals surface area (Å²) in [6.07, 6.45) is 58.0. The van der Waals surface area contributed by atoms with Crippen molar-refractivity contribution in [2.75, 3.05) is 13.2 Å².